The number of nitrogens with zero attached hydrogens (tertiary/aromatic N) is 2. The van der Waals surface area contributed by atoms with Gasteiger partial charge in [0.1, 0.15) is 13.1 Å². The lowest BCUT2D eigenvalue weighted by molar-refractivity contribution is -0.850. The van der Waals surface area contributed by atoms with E-state index >= 15 is 0 Å². The molecule has 1 aromatic carbocycles. The summed E-state index contributed by atoms with van der Waals surface area (Å²) in [7, 11) is 0. The van der Waals surface area contributed by atoms with Crippen LogP contribution in [0.5, 0.6) is 0 Å². The van der Waals surface area contributed by atoms with E-state index < -0.39 is 0 Å². The van der Waals surface area contributed by atoms with E-state index in [1.807, 2.05) is 0 Å². The van der Waals surface area contributed by atoms with Crippen LogP contribution in [0.3, 0.4) is 0 Å². The van der Waals surface area contributed by atoms with Crippen LogP contribution >= 0.6 is 0 Å². The summed E-state index contributed by atoms with van der Waals surface area (Å²) in [4.78, 5) is 4.80. The van der Waals surface area contributed by atoms with Crippen LogP contribution in [-0.4, -0.2) is 41.7 Å². The molecule has 0 bridgehead atoms. The Bertz CT molecular complexity index is 615. The highest BCUT2D eigenvalue weighted by Crippen LogP contribution is 2.24. The zero-order chi connectivity index (χ0) is 23.5. The number of hydrogen-bond acceptors (Lipinski definition) is 2. The molecule has 2 rings (SSSR count). The second-order valence-electron chi connectivity index (χ2n) is 10.3. The van der Waals surface area contributed by atoms with Crippen molar-refractivity contribution in [3.8, 4) is 0 Å². The monoisotopic (exact) mass is 457 g/mol. The number of hydrogen-bond donors (Lipinski definition) is 1. The maximum absolute atomic E-state index is 9.55. The van der Waals surface area contributed by atoms with Crippen molar-refractivity contribution in [1.29, 1.82) is 0 Å². The highest BCUT2D eigenvalue weighted by Gasteiger charge is 2.37. The van der Waals surface area contributed by atoms with Gasteiger partial charge in [-0.05, 0) is 12.8 Å². The molecule has 1 atom stereocenters. The largest absolute Gasteiger partial charge is 0.396 e. The second-order valence-corrected chi connectivity index (χ2v) is 10.3. The molecule has 0 spiro atoms. The standard InChI is InChI=1S/C30H53N2O/c1-2-3-4-5-6-7-8-9-10-11-12-13-14-15-16-20-25-32(26-24-31-30(32)23-27-33)28-29-21-18-17-19-22-29/h17-19,21-22,33H,2-16,20,23-28H2,1H3/q+1. The normalized spacial score (nSPS) is 18.1. The third-order valence-corrected chi connectivity index (χ3v) is 7.47. The number of benzene rings is 1. The molecule has 1 heterocycles. The highest BCUT2D eigenvalue weighted by molar-refractivity contribution is 5.77. The second kappa shape index (κ2) is 18.2. The van der Waals surface area contributed by atoms with Crippen LogP contribution in [0.25, 0.3) is 0 Å². The minimum atomic E-state index is 0.215. The van der Waals surface area contributed by atoms with E-state index in [1.54, 1.807) is 0 Å². The van der Waals surface area contributed by atoms with Gasteiger partial charge in [0.15, 0.2) is 0 Å². The maximum Gasteiger partial charge on any atom is 0.201 e. The number of amidine groups is 1. The number of aliphatic imine (C=N–C) groups is 1. The molecule has 0 aliphatic carbocycles. The molecule has 1 aromatic rings. The van der Waals surface area contributed by atoms with Gasteiger partial charge in [0.05, 0.1) is 26.1 Å². The molecular formula is C30H53N2O+. The van der Waals surface area contributed by atoms with E-state index in [1.165, 1.54) is 121 Å². The van der Waals surface area contributed by atoms with Gasteiger partial charge in [0.2, 0.25) is 5.84 Å². The molecule has 1 aliphatic rings. The molecule has 3 nitrogen and oxygen atoms in total. The van der Waals surface area contributed by atoms with Gasteiger partial charge in [0, 0.05) is 5.56 Å². The van der Waals surface area contributed by atoms with Gasteiger partial charge in [-0.1, -0.05) is 127 Å². The molecule has 0 amide bonds. The molecule has 3 heteroatoms. The van der Waals surface area contributed by atoms with Crippen molar-refractivity contribution in [2.75, 3.05) is 26.2 Å². The fourth-order valence-electron chi connectivity index (χ4n) is 5.45. The number of unbranched alkanes of at least 4 members (excludes halogenated alkanes) is 15. The van der Waals surface area contributed by atoms with Crippen LogP contribution in [0.15, 0.2) is 35.3 Å². The van der Waals surface area contributed by atoms with Gasteiger partial charge < -0.3 is 5.11 Å². The average molecular weight is 458 g/mol. The van der Waals surface area contributed by atoms with Crippen LogP contribution < -0.4 is 0 Å². The first-order valence-electron chi connectivity index (χ1n) is 14.4. The van der Waals surface area contributed by atoms with Crippen molar-refractivity contribution in [2.24, 2.45) is 4.99 Å². The molecule has 1 unspecified atom stereocenters. The van der Waals surface area contributed by atoms with Crippen LogP contribution in [-0.2, 0) is 6.54 Å². The third-order valence-electron chi connectivity index (χ3n) is 7.47. The molecule has 0 saturated heterocycles. The molecule has 188 valence electrons. The van der Waals surface area contributed by atoms with Crippen LogP contribution in [0.1, 0.15) is 122 Å². The number of aliphatic hydroxyl groups is 1. The Morgan fingerprint density at radius 2 is 1.24 bits per heavy atom. The Morgan fingerprint density at radius 1 is 0.727 bits per heavy atom. The van der Waals surface area contributed by atoms with Crippen molar-refractivity contribution >= 4 is 5.84 Å². The average Bonchev–Trinajstić information content (AvgIpc) is 3.21. The first-order valence-corrected chi connectivity index (χ1v) is 14.4. The number of quaternary nitrogens is 1. The molecule has 0 saturated carbocycles. The summed E-state index contributed by atoms with van der Waals surface area (Å²) in [6.07, 6.45) is 23.3. The van der Waals surface area contributed by atoms with E-state index in [4.69, 9.17) is 4.99 Å². The molecule has 1 N–H and O–H groups in total. The maximum atomic E-state index is 9.55. The molecular weight excluding hydrogens is 404 g/mol. The third kappa shape index (κ3) is 11.7. The van der Waals surface area contributed by atoms with Gasteiger partial charge in [0.25, 0.3) is 0 Å². The van der Waals surface area contributed by atoms with E-state index in [0.717, 1.165) is 30.5 Å². The van der Waals surface area contributed by atoms with Gasteiger partial charge in [-0.2, -0.15) is 0 Å². The molecule has 0 aromatic heterocycles. The smallest absolute Gasteiger partial charge is 0.201 e. The molecule has 0 radical (unpaired) electrons. The first kappa shape index (κ1) is 28.1. The van der Waals surface area contributed by atoms with Gasteiger partial charge in [-0.15, -0.1) is 0 Å². The fourth-order valence-corrected chi connectivity index (χ4v) is 5.45. The summed E-state index contributed by atoms with van der Waals surface area (Å²) in [6.45, 7) is 6.73. The Labute approximate surface area is 205 Å². The number of aliphatic hydroxyl groups excluding tert-OH is 1. The summed E-state index contributed by atoms with van der Waals surface area (Å²) < 4.78 is 0.975. The quantitative estimate of drug-likeness (QED) is 0.147. The van der Waals surface area contributed by atoms with Gasteiger partial charge in [-0.25, -0.2) is 4.99 Å². The molecule has 0 fully saturated rings. The van der Waals surface area contributed by atoms with E-state index in [-0.39, 0.29) is 6.61 Å². The van der Waals surface area contributed by atoms with E-state index in [0.29, 0.717) is 0 Å². The van der Waals surface area contributed by atoms with E-state index in [9.17, 15) is 5.11 Å². The summed E-state index contributed by atoms with van der Waals surface area (Å²) >= 11 is 0. The number of rotatable bonds is 21. The van der Waals surface area contributed by atoms with Crippen LogP contribution in [0.2, 0.25) is 0 Å². The van der Waals surface area contributed by atoms with Crippen molar-refractivity contribution in [1.82, 2.24) is 0 Å². The summed E-state index contributed by atoms with van der Waals surface area (Å²) in [6, 6.07) is 10.8. The van der Waals surface area contributed by atoms with Crippen molar-refractivity contribution in [2.45, 2.75) is 123 Å². The molecule has 33 heavy (non-hydrogen) atoms. The lowest BCUT2D eigenvalue weighted by Gasteiger charge is -2.35. The van der Waals surface area contributed by atoms with Gasteiger partial charge >= 0.3 is 0 Å². The topological polar surface area (TPSA) is 32.6 Å². The first-order chi connectivity index (χ1) is 16.3. The van der Waals surface area contributed by atoms with Crippen LogP contribution in [0, 0.1) is 0 Å². The van der Waals surface area contributed by atoms with Gasteiger partial charge in [-0.3, -0.25) is 4.48 Å². The van der Waals surface area contributed by atoms with E-state index in [2.05, 4.69) is 37.3 Å². The van der Waals surface area contributed by atoms with Crippen molar-refractivity contribution < 1.29 is 9.59 Å². The lowest BCUT2D eigenvalue weighted by Crippen LogP contribution is -2.51. The minimum absolute atomic E-state index is 0.215. The van der Waals surface area contributed by atoms with Crippen molar-refractivity contribution in [3.63, 3.8) is 0 Å². The zero-order valence-corrected chi connectivity index (χ0v) is 21.8. The Balaban J connectivity index is 1.52. The summed E-state index contributed by atoms with van der Waals surface area (Å²) in [5.74, 6) is 1.22. The summed E-state index contributed by atoms with van der Waals surface area (Å²) in [5.41, 5.74) is 1.39. The Hall–Kier alpha value is -1.19. The lowest BCUT2D eigenvalue weighted by atomic mass is 10.0. The predicted octanol–water partition coefficient (Wildman–Crippen LogP) is 8.06. The predicted molar refractivity (Wildman–Crippen MR) is 144 cm³/mol. The zero-order valence-electron chi connectivity index (χ0n) is 21.8. The van der Waals surface area contributed by atoms with Crippen LogP contribution in [0.4, 0.5) is 0 Å². The fraction of sp³-hybridized carbons (Fsp3) is 0.767. The Morgan fingerprint density at radius 3 is 1.76 bits per heavy atom. The SMILES string of the molecule is CCCCCCCCCCCCCCCCCC[N+]1(Cc2ccccc2)CCN=C1CCO. The summed E-state index contributed by atoms with van der Waals surface area (Å²) in [5, 5.41) is 9.55. The molecule has 1 aliphatic heterocycles. The Kier molecular flexibility index (Phi) is 15.5. The minimum Gasteiger partial charge on any atom is -0.396 e. The highest BCUT2D eigenvalue weighted by atomic mass is 16.3. The van der Waals surface area contributed by atoms with Crippen molar-refractivity contribution in [3.05, 3.63) is 35.9 Å².